The van der Waals surface area contributed by atoms with Crippen LogP contribution in [0.2, 0.25) is 5.02 Å². The lowest BCUT2D eigenvalue weighted by Crippen LogP contribution is -2.38. The number of carbonyl (C=O) groups is 1. The molecule has 4 rings (SSSR count). The van der Waals surface area contributed by atoms with E-state index in [4.69, 9.17) is 11.6 Å². The number of rotatable bonds is 3. The zero-order valence-corrected chi connectivity index (χ0v) is 15.6. The van der Waals surface area contributed by atoms with E-state index >= 15 is 0 Å². The predicted octanol–water partition coefficient (Wildman–Crippen LogP) is 5.16. The van der Waals surface area contributed by atoms with Gasteiger partial charge in [0.15, 0.2) is 0 Å². The normalized spacial score (nSPS) is 16.9. The Balaban J connectivity index is 1.59. The lowest BCUT2D eigenvalue weighted by molar-refractivity contribution is 0.0611. The minimum atomic E-state index is 0.0340. The van der Waals surface area contributed by atoms with Gasteiger partial charge in [0.2, 0.25) is 0 Å². The number of nitrogens with zero attached hydrogens (tertiary/aromatic N) is 3. The Morgan fingerprint density at radius 2 is 2.00 bits per heavy atom. The van der Waals surface area contributed by atoms with Crippen LogP contribution in [0.1, 0.15) is 41.2 Å². The van der Waals surface area contributed by atoms with Gasteiger partial charge in [0, 0.05) is 35.7 Å². The number of hydrogen-bond donors (Lipinski definition) is 0. The molecule has 27 heavy (non-hydrogen) atoms. The first-order chi connectivity index (χ1) is 13.2. The quantitative estimate of drug-likeness (QED) is 0.633. The van der Waals surface area contributed by atoms with Crippen LogP contribution < -0.4 is 0 Å². The second-order valence-corrected chi connectivity index (χ2v) is 7.18. The van der Waals surface area contributed by atoms with Crippen molar-refractivity contribution in [3.05, 3.63) is 83.3 Å². The highest BCUT2D eigenvalue weighted by molar-refractivity contribution is 6.30. The topological polar surface area (TPSA) is 46.1 Å². The van der Waals surface area contributed by atoms with Gasteiger partial charge in [0.25, 0.3) is 5.91 Å². The molecular formula is C22H20ClN3O. The lowest BCUT2D eigenvalue weighted by atomic mass is 9.95. The Bertz CT molecular complexity index is 928. The predicted molar refractivity (Wildman–Crippen MR) is 107 cm³/mol. The molecule has 1 fully saturated rings. The maximum Gasteiger partial charge on any atom is 0.255 e. The zero-order valence-electron chi connectivity index (χ0n) is 14.9. The highest BCUT2D eigenvalue weighted by Crippen LogP contribution is 2.32. The summed E-state index contributed by atoms with van der Waals surface area (Å²) in [4.78, 5) is 23.6. The van der Waals surface area contributed by atoms with Crippen LogP contribution in [0.15, 0.2) is 67.1 Å². The van der Waals surface area contributed by atoms with Gasteiger partial charge < -0.3 is 4.90 Å². The van der Waals surface area contributed by atoms with Gasteiger partial charge in [-0.1, -0.05) is 29.8 Å². The molecule has 3 aromatic rings. The summed E-state index contributed by atoms with van der Waals surface area (Å²) in [6.07, 6.45) is 8.28. The minimum absolute atomic E-state index is 0.0340. The molecule has 5 heteroatoms. The number of amides is 1. The molecule has 0 bridgehead atoms. The van der Waals surface area contributed by atoms with E-state index in [2.05, 4.69) is 16.0 Å². The summed E-state index contributed by atoms with van der Waals surface area (Å²) in [5.74, 6) is 0.0340. The number of hydrogen-bond acceptors (Lipinski definition) is 3. The van der Waals surface area contributed by atoms with Crippen LogP contribution in [0.4, 0.5) is 0 Å². The first-order valence-electron chi connectivity index (χ1n) is 9.15. The second kappa shape index (κ2) is 7.89. The van der Waals surface area contributed by atoms with E-state index in [1.807, 2.05) is 47.5 Å². The van der Waals surface area contributed by atoms with E-state index < -0.39 is 0 Å². The Kier molecular flexibility index (Phi) is 5.16. The van der Waals surface area contributed by atoms with Gasteiger partial charge in [-0.2, -0.15) is 0 Å². The molecule has 0 unspecified atom stereocenters. The number of pyridine rings is 2. The van der Waals surface area contributed by atoms with Gasteiger partial charge in [-0.05, 0) is 55.2 Å². The standard InChI is InChI=1S/C22H20ClN3O/c23-19-7-3-5-16(13-19)20-10-9-17(15-25-20)21-8-1-2-12-26(21)22(27)18-6-4-11-24-14-18/h3-7,9-11,13-15,21H,1-2,8,12H2/t21-/m1/s1. The summed E-state index contributed by atoms with van der Waals surface area (Å²) in [5, 5.41) is 0.693. The van der Waals surface area contributed by atoms with Gasteiger partial charge in [-0.3, -0.25) is 14.8 Å². The van der Waals surface area contributed by atoms with Crippen molar-refractivity contribution in [2.75, 3.05) is 6.54 Å². The van der Waals surface area contributed by atoms with Crippen molar-refractivity contribution in [2.24, 2.45) is 0 Å². The molecule has 1 aliphatic heterocycles. The summed E-state index contributed by atoms with van der Waals surface area (Å²) in [5.41, 5.74) is 3.56. The molecule has 1 amide bonds. The van der Waals surface area contributed by atoms with E-state index in [1.165, 1.54) is 0 Å². The van der Waals surface area contributed by atoms with Crippen LogP contribution in [-0.2, 0) is 0 Å². The first kappa shape index (κ1) is 17.7. The molecule has 1 saturated heterocycles. The smallest absolute Gasteiger partial charge is 0.255 e. The number of piperidine rings is 1. The summed E-state index contributed by atoms with van der Waals surface area (Å²) in [6.45, 7) is 0.758. The van der Waals surface area contributed by atoms with E-state index in [0.717, 1.165) is 42.6 Å². The van der Waals surface area contributed by atoms with Crippen LogP contribution >= 0.6 is 11.6 Å². The average molecular weight is 378 g/mol. The summed E-state index contributed by atoms with van der Waals surface area (Å²) < 4.78 is 0. The molecule has 0 radical (unpaired) electrons. The van der Waals surface area contributed by atoms with E-state index in [-0.39, 0.29) is 11.9 Å². The van der Waals surface area contributed by atoms with Crippen LogP contribution in [0.3, 0.4) is 0 Å². The minimum Gasteiger partial charge on any atom is -0.332 e. The summed E-state index contributed by atoms with van der Waals surface area (Å²) in [6, 6.07) is 15.4. The summed E-state index contributed by atoms with van der Waals surface area (Å²) in [7, 11) is 0. The van der Waals surface area contributed by atoms with Crippen molar-refractivity contribution in [3.63, 3.8) is 0 Å². The number of likely N-dealkylation sites (tertiary alicyclic amines) is 1. The van der Waals surface area contributed by atoms with Crippen molar-refractivity contribution in [1.82, 2.24) is 14.9 Å². The molecule has 0 aliphatic carbocycles. The largest absolute Gasteiger partial charge is 0.332 e. The fourth-order valence-corrected chi connectivity index (χ4v) is 3.79. The number of aromatic nitrogens is 2. The molecule has 1 aliphatic rings. The van der Waals surface area contributed by atoms with Crippen LogP contribution in [0.25, 0.3) is 11.3 Å². The molecule has 0 saturated carbocycles. The highest BCUT2D eigenvalue weighted by Gasteiger charge is 2.29. The Hall–Kier alpha value is -2.72. The third-order valence-electron chi connectivity index (χ3n) is 4.96. The highest BCUT2D eigenvalue weighted by atomic mass is 35.5. The van der Waals surface area contributed by atoms with Crippen LogP contribution in [0.5, 0.6) is 0 Å². The van der Waals surface area contributed by atoms with Crippen LogP contribution in [-0.4, -0.2) is 27.3 Å². The maximum atomic E-state index is 13.0. The van der Waals surface area contributed by atoms with E-state index in [1.54, 1.807) is 18.5 Å². The lowest BCUT2D eigenvalue weighted by Gasteiger charge is -2.36. The monoisotopic (exact) mass is 377 g/mol. The zero-order chi connectivity index (χ0) is 18.6. The van der Waals surface area contributed by atoms with Gasteiger partial charge in [-0.15, -0.1) is 0 Å². The Morgan fingerprint density at radius 1 is 1.07 bits per heavy atom. The molecule has 136 valence electrons. The number of benzene rings is 1. The SMILES string of the molecule is O=C(c1cccnc1)N1CCCC[C@@H]1c1ccc(-c2cccc(Cl)c2)nc1. The van der Waals surface area contributed by atoms with Crippen molar-refractivity contribution >= 4 is 17.5 Å². The molecule has 0 spiro atoms. The van der Waals surface area contributed by atoms with Crippen molar-refractivity contribution in [2.45, 2.75) is 25.3 Å². The van der Waals surface area contributed by atoms with Gasteiger partial charge in [0.1, 0.15) is 0 Å². The third kappa shape index (κ3) is 3.86. The van der Waals surface area contributed by atoms with Crippen molar-refractivity contribution in [1.29, 1.82) is 0 Å². The molecular weight excluding hydrogens is 358 g/mol. The van der Waals surface area contributed by atoms with Gasteiger partial charge >= 0.3 is 0 Å². The maximum absolute atomic E-state index is 13.0. The van der Waals surface area contributed by atoms with E-state index in [0.29, 0.717) is 10.6 Å². The Morgan fingerprint density at radius 3 is 2.74 bits per heavy atom. The molecule has 3 heterocycles. The van der Waals surface area contributed by atoms with Crippen LogP contribution in [0, 0.1) is 0 Å². The average Bonchev–Trinajstić information content (AvgIpc) is 2.74. The third-order valence-corrected chi connectivity index (χ3v) is 5.20. The van der Waals surface area contributed by atoms with Crippen molar-refractivity contribution in [3.8, 4) is 11.3 Å². The molecule has 2 aromatic heterocycles. The molecule has 1 atom stereocenters. The first-order valence-corrected chi connectivity index (χ1v) is 9.53. The number of halogens is 1. The summed E-state index contributed by atoms with van der Waals surface area (Å²) >= 11 is 6.08. The number of carbonyl (C=O) groups excluding carboxylic acids is 1. The molecule has 4 nitrogen and oxygen atoms in total. The van der Waals surface area contributed by atoms with Crippen molar-refractivity contribution < 1.29 is 4.79 Å². The van der Waals surface area contributed by atoms with Gasteiger partial charge in [0.05, 0.1) is 17.3 Å². The molecule has 1 aromatic carbocycles. The Labute approximate surface area is 163 Å². The second-order valence-electron chi connectivity index (χ2n) is 6.74. The fraction of sp³-hybridized carbons (Fsp3) is 0.227. The van der Waals surface area contributed by atoms with E-state index in [9.17, 15) is 4.79 Å². The van der Waals surface area contributed by atoms with Gasteiger partial charge in [-0.25, -0.2) is 0 Å². The molecule has 0 N–H and O–H groups in total. The fourth-order valence-electron chi connectivity index (χ4n) is 3.60.